The molecule has 13 heteroatoms. The van der Waals surface area contributed by atoms with Crippen molar-refractivity contribution in [2.45, 2.75) is 172 Å². The Balaban J connectivity index is 1.48. The summed E-state index contributed by atoms with van der Waals surface area (Å²) in [6, 6.07) is 7.36. The number of hydrogen-bond donors (Lipinski definition) is 1. The van der Waals surface area contributed by atoms with Crippen molar-refractivity contribution in [2.24, 2.45) is 0 Å². The molecule has 0 saturated carbocycles. The van der Waals surface area contributed by atoms with Crippen LogP contribution in [0.15, 0.2) is 76.9 Å². The summed E-state index contributed by atoms with van der Waals surface area (Å²) in [6.07, 6.45) is 0. The van der Waals surface area contributed by atoms with Crippen LogP contribution < -0.4 is 0 Å². The van der Waals surface area contributed by atoms with Crippen molar-refractivity contribution < 1.29 is 5.11 Å². The molecule has 6 aliphatic heterocycles. The molecule has 0 amide bonds. The zero-order chi connectivity index (χ0) is 35.8. The smallest absolute Gasteiger partial charge is 0.147 e. The first-order valence-corrected chi connectivity index (χ1v) is 26.4. The Hall–Kier alpha value is 1.82. The van der Waals surface area contributed by atoms with Crippen LogP contribution in [0.1, 0.15) is 99.8 Å². The van der Waals surface area contributed by atoms with Crippen LogP contribution in [0.3, 0.4) is 0 Å². The van der Waals surface area contributed by atoms with Crippen LogP contribution in [0, 0.1) is 0 Å². The molecule has 3 aromatic carbocycles. The van der Waals surface area contributed by atoms with Crippen molar-refractivity contribution >= 4 is 141 Å². The van der Waals surface area contributed by atoms with Gasteiger partial charge >= 0.3 is 0 Å². The average molecular weight is 886 g/mol. The van der Waals surface area contributed by atoms with Crippen LogP contribution in [0.4, 0.5) is 0 Å². The van der Waals surface area contributed by atoms with Gasteiger partial charge < -0.3 is 5.11 Å². The molecule has 0 bridgehead atoms. The van der Waals surface area contributed by atoms with Gasteiger partial charge in [0.25, 0.3) is 0 Å². The molecule has 9 rings (SSSR count). The zero-order valence-corrected chi connectivity index (χ0v) is 39.9. The van der Waals surface area contributed by atoms with Crippen LogP contribution in [-0.2, 0) is 5.60 Å². The highest BCUT2D eigenvalue weighted by molar-refractivity contribution is 8.23. The fourth-order valence-electron chi connectivity index (χ4n) is 7.41. The van der Waals surface area contributed by atoms with Gasteiger partial charge in [-0.25, -0.2) is 0 Å². The topological polar surface area (TPSA) is 20.2 Å². The van der Waals surface area contributed by atoms with Crippen LogP contribution in [0.5, 0.6) is 0 Å². The first kappa shape index (κ1) is 37.4. The second-order valence-corrected chi connectivity index (χ2v) is 37.4. The van der Waals surface area contributed by atoms with Crippen molar-refractivity contribution in [1.29, 1.82) is 0 Å². The summed E-state index contributed by atoms with van der Waals surface area (Å²) in [5, 5.41) is 15.1. The number of aliphatic hydroxyl groups is 1. The van der Waals surface area contributed by atoms with E-state index >= 15 is 5.11 Å². The van der Waals surface area contributed by atoms with E-state index in [2.05, 4.69) is 101 Å². The van der Waals surface area contributed by atoms with Gasteiger partial charge in [0.05, 0.1) is 24.5 Å². The molecular weight excluding hydrogens is 845 g/mol. The molecule has 0 radical (unpaired) electrons. The Morgan fingerprint density at radius 3 is 0.640 bits per heavy atom. The largest absolute Gasteiger partial charge is 0.376 e. The van der Waals surface area contributed by atoms with Gasteiger partial charge in [0.15, 0.2) is 0 Å². The minimum Gasteiger partial charge on any atom is -0.376 e. The third kappa shape index (κ3) is 6.07. The van der Waals surface area contributed by atoms with E-state index in [1.54, 1.807) is 0 Å². The molecule has 6 aliphatic rings. The van der Waals surface area contributed by atoms with E-state index < -0.39 is 5.60 Å². The summed E-state index contributed by atoms with van der Waals surface area (Å²) in [4.78, 5) is 15.6. The van der Waals surface area contributed by atoms with Gasteiger partial charge in [0, 0.05) is 75.4 Å². The van der Waals surface area contributed by atoms with E-state index in [1.165, 1.54) is 58.7 Å². The summed E-state index contributed by atoms with van der Waals surface area (Å²) >= 11 is 23.6. The van der Waals surface area contributed by atoms with Gasteiger partial charge in [-0.2, -0.15) is 0 Å². The van der Waals surface area contributed by atoms with Crippen LogP contribution in [-0.4, -0.2) is 29.6 Å². The molecule has 0 aliphatic carbocycles. The SMILES string of the molecule is CC1(C)Sc2cc3c(c(C(O)(c4c5c(cc6c4SC(C)(C)S6)SC(C)(C)S5)c4c5c(cc6c4SC(C)(C)S6)SC(C)(C)S5)c2S1)SC(C)(C)S3. The predicted octanol–water partition coefficient (Wildman–Crippen LogP) is 15.6. The fraction of sp³-hybridized carbons (Fsp3) is 0.514. The molecule has 266 valence electrons. The quantitative estimate of drug-likeness (QED) is 0.253. The molecular formula is C37H40OS12. The molecule has 3 aromatic rings. The van der Waals surface area contributed by atoms with Crippen LogP contribution in [0.25, 0.3) is 0 Å². The minimum atomic E-state index is -1.38. The maximum atomic E-state index is 15.1. The number of rotatable bonds is 3. The fourth-order valence-corrected chi connectivity index (χ4v) is 24.9. The van der Waals surface area contributed by atoms with Crippen molar-refractivity contribution in [2.75, 3.05) is 0 Å². The normalized spacial score (nSPS) is 24.9. The summed E-state index contributed by atoms with van der Waals surface area (Å²) in [7, 11) is 0. The molecule has 0 saturated heterocycles. The molecule has 1 nitrogen and oxygen atoms in total. The third-order valence-electron chi connectivity index (χ3n) is 8.80. The summed E-state index contributed by atoms with van der Waals surface area (Å²) < 4.78 is -0.182. The third-order valence-corrected chi connectivity index (χ3v) is 25.5. The lowest BCUT2D eigenvalue weighted by atomic mass is 9.79. The van der Waals surface area contributed by atoms with Crippen LogP contribution >= 0.6 is 141 Å². The number of hydrogen-bond acceptors (Lipinski definition) is 13. The van der Waals surface area contributed by atoms with E-state index in [-0.39, 0.29) is 24.5 Å². The maximum Gasteiger partial charge on any atom is 0.147 e. The van der Waals surface area contributed by atoms with Crippen LogP contribution in [0.2, 0.25) is 0 Å². The molecule has 6 heterocycles. The van der Waals surface area contributed by atoms with Gasteiger partial charge in [-0.1, -0.05) is 0 Å². The molecule has 0 aromatic heterocycles. The summed E-state index contributed by atoms with van der Waals surface area (Å²) in [5.41, 5.74) is 2.03. The summed E-state index contributed by atoms with van der Waals surface area (Å²) in [6.45, 7) is 28.2. The summed E-state index contributed by atoms with van der Waals surface area (Å²) in [5.74, 6) is 0. The zero-order valence-electron chi connectivity index (χ0n) is 30.1. The highest BCUT2D eigenvalue weighted by Crippen LogP contribution is 2.74. The van der Waals surface area contributed by atoms with E-state index in [0.29, 0.717) is 0 Å². The van der Waals surface area contributed by atoms with Gasteiger partial charge in [0.1, 0.15) is 5.60 Å². The second kappa shape index (κ2) is 11.7. The molecule has 0 unspecified atom stereocenters. The van der Waals surface area contributed by atoms with Crippen molar-refractivity contribution in [1.82, 2.24) is 0 Å². The first-order valence-electron chi connectivity index (χ1n) is 16.6. The lowest BCUT2D eigenvalue weighted by Gasteiger charge is -2.38. The molecule has 50 heavy (non-hydrogen) atoms. The lowest BCUT2D eigenvalue weighted by molar-refractivity contribution is 0.105. The Morgan fingerprint density at radius 1 is 0.320 bits per heavy atom. The van der Waals surface area contributed by atoms with E-state index in [4.69, 9.17) is 0 Å². The molecule has 0 atom stereocenters. The minimum absolute atomic E-state index is 0.0303. The van der Waals surface area contributed by atoms with Gasteiger partial charge in [0.2, 0.25) is 0 Å². The molecule has 1 N–H and O–H groups in total. The number of benzene rings is 3. The first-order chi connectivity index (χ1) is 23.0. The maximum absolute atomic E-state index is 15.1. The van der Waals surface area contributed by atoms with Crippen molar-refractivity contribution in [3.05, 3.63) is 34.9 Å². The van der Waals surface area contributed by atoms with Gasteiger partial charge in [-0.05, 0) is 101 Å². The average Bonchev–Trinajstić information content (AvgIpc) is 3.72. The number of fused-ring (bicyclic) bond motifs is 6. The van der Waals surface area contributed by atoms with Crippen molar-refractivity contribution in [3.63, 3.8) is 0 Å². The predicted molar refractivity (Wildman–Crippen MR) is 236 cm³/mol. The van der Waals surface area contributed by atoms with Gasteiger partial charge in [-0.15, -0.1) is 141 Å². The van der Waals surface area contributed by atoms with E-state index in [9.17, 15) is 0 Å². The monoisotopic (exact) mass is 884 g/mol. The van der Waals surface area contributed by atoms with E-state index in [1.807, 2.05) is 141 Å². The Labute approximate surface area is 349 Å². The number of thioether (sulfide) groups is 12. The Morgan fingerprint density at radius 2 is 0.480 bits per heavy atom. The Bertz CT molecular complexity index is 1700. The van der Waals surface area contributed by atoms with Gasteiger partial charge in [-0.3, -0.25) is 0 Å². The lowest BCUT2D eigenvalue weighted by Crippen LogP contribution is -2.34. The van der Waals surface area contributed by atoms with Crippen molar-refractivity contribution in [3.8, 4) is 0 Å². The molecule has 0 fully saturated rings. The molecule has 0 spiro atoms. The standard InChI is InChI=1S/C37H40OS12/c1-31(2)39-16-13-17-26(46-32(3,4)40-17)22(25(16)45-31)37(38,23-27-18(41-33(5,6)47-27)14-19-28(23)48-34(7,8)42-19)24-29-20(43-35(9,10)49-29)15-21-30(24)50-36(11,12)44-21/h13-15,38H,1-12H3. The van der Waals surface area contributed by atoms with E-state index in [0.717, 1.165) is 16.7 Å². The highest BCUT2D eigenvalue weighted by atomic mass is 32.2. The highest BCUT2D eigenvalue weighted by Gasteiger charge is 2.56. The Kier molecular flexibility index (Phi) is 8.75. The second-order valence-electron chi connectivity index (χ2n) is 16.1.